The third-order valence-corrected chi connectivity index (χ3v) is 5.38. The van der Waals surface area contributed by atoms with Crippen molar-refractivity contribution in [3.8, 4) is 10.8 Å². The number of hydrogen-bond donors (Lipinski definition) is 0. The molecule has 4 rings (SSSR count). The van der Waals surface area contributed by atoms with Gasteiger partial charge < -0.3 is 4.42 Å². The molecule has 8 heteroatoms. The topological polar surface area (TPSA) is 69.1 Å². The van der Waals surface area contributed by atoms with Crippen molar-refractivity contribution >= 4 is 28.7 Å². The zero-order valence-corrected chi connectivity index (χ0v) is 15.1. The fourth-order valence-corrected chi connectivity index (χ4v) is 4.23. The van der Waals surface area contributed by atoms with Crippen molar-refractivity contribution in [2.75, 3.05) is 0 Å². The average Bonchev–Trinajstić information content (AvgIpc) is 3.24. The number of rotatable bonds is 4. The van der Waals surface area contributed by atoms with Crippen LogP contribution >= 0.6 is 23.1 Å². The van der Waals surface area contributed by atoms with Crippen molar-refractivity contribution in [2.24, 2.45) is 0 Å². The lowest BCUT2D eigenvalue weighted by molar-refractivity contribution is 0.548. The molecule has 0 N–H and O–H groups in total. The molecule has 0 aliphatic heterocycles. The zero-order valence-electron chi connectivity index (χ0n) is 13.5. The predicted molar refractivity (Wildman–Crippen MR) is 94.4 cm³/mol. The van der Waals surface area contributed by atoms with Gasteiger partial charge in [-0.25, -0.2) is 9.97 Å². The third-order valence-electron chi connectivity index (χ3n) is 3.51. The number of aromatic nitrogens is 5. The van der Waals surface area contributed by atoms with Crippen molar-refractivity contribution in [1.82, 2.24) is 24.6 Å². The number of aryl methyl sites for hydroxylation is 3. The lowest BCUT2D eigenvalue weighted by Crippen LogP contribution is -1.98. The third kappa shape index (κ3) is 2.83. The highest BCUT2D eigenvalue weighted by atomic mass is 32.2. The summed E-state index contributed by atoms with van der Waals surface area (Å²) in [6.07, 6.45) is 0. The van der Waals surface area contributed by atoms with Crippen molar-refractivity contribution < 1.29 is 4.42 Å². The Bertz CT molecular complexity index is 1020. The van der Waals surface area contributed by atoms with Gasteiger partial charge in [0, 0.05) is 22.9 Å². The van der Waals surface area contributed by atoms with Gasteiger partial charge in [-0.1, -0.05) is 11.8 Å². The van der Waals surface area contributed by atoms with Gasteiger partial charge in [0.1, 0.15) is 11.6 Å². The molecule has 0 aromatic carbocycles. The van der Waals surface area contributed by atoms with Crippen molar-refractivity contribution in [2.45, 2.75) is 31.7 Å². The first-order valence-corrected chi connectivity index (χ1v) is 9.30. The van der Waals surface area contributed by atoms with E-state index >= 15 is 0 Å². The first kappa shape index (κ1) is 15.3. The number of hydrogen-bond acceptors (Lipinski definition) is 7. The van der Waals surface area contributed by atoms with Crippen LogP contribution < -0.4 is 0 Å². The summed E-state index contributed by atoms with van der Waals surface area (Å²) in [7, 11) is 0. The highest BCUT2D eigenvalue weighted by Crippen LogP contribution is 2.28. The summed E-state index contributed by atoms with van der Waals surface area (Å²) in [5.74, 6) is 3.33. The Labute approximate surface area is 147 Å². The molecular weight excluding hydrogens is 342 g/mol. The van der Waals surface area contributed by atoms with E-state index in [1.807, 2.05) is 43.4 Å². The minimum Gasteiger partial charge on any atom is -0.459 e. The summed E-state index contributed by atoms with van der Waals surface area (Å²) in [5.41, 5.74) is 2.78. The Kier molecular flexibility index (Phi) is 3.85. The Morgan fingerprint density at radius 3 is 2.83 bits per heavy atom. The van der Waals surface area contributed by atoms with Crippen LogP contribution in [0, 0.1) is 20.8 Å². The van der Waals surface area contributed by atoms with Gasteiger partial charge in [-0.2, -0.15) is 0 Å². The van der Waals surface area contributed by atoms with Crippen LogP contribution in [-0.2, 0) is 5.75 Å². The summed E-state index contributed by atoms with van der Waals surface area (Å²) >= 11 is 3.19. The molecule has 0 atom stereocenters. The number of furan rings is 1. The fraction of sp³-hybridized carbons (Fsp3) is 0.250. The molecule has 0 amide bonds. The van der Waals surface area contributed by atoms with E-state index in [1.165, 1.54) is 0 Å². The van der Waals surface area contributed by atoms with Gasteiger partial charge in [0.15, 0.2) is 21.6 Å². The van der Waals surface area contributed by atoms with Gasteiger partial charge in [-0.3, -0.25) is 4.40 Å². The van der Waals surface area contributed by atoms with Gasteiger partial charge in [-0.05, 0) is 32.9 Å². The second-order valence-corrected chi connectivity index (χ2v) is 7.26. The van der Waals surface area contributed by atoms with Gasteiger partial charge in [0.25, 0.3) is 0 Å². The normalized spacial score (nSPS) is 11.5. The monoisotopic (exact) mass is 357 g/mol. The highest BCUT2D eigenvalue weighted by molar-refractivity contribution is 7.98. The van der Waals surface area contributed by atoms with E-state index in [0.717, 1.165) is 50.3 Å². The van der Waals surface area contributed by atoms with Crippen molar-refractivity contribution in [3.05, 3.63) is 46.6 Å². The molecule has 0 fully saturated rings. The second-order valence-electron chi connectivity index (χ2n) is 5.46. The summed E-state index contributed by atoms with van der Waals surface area (Å²) in [5, 5.41) is 12.3. The minimum absolute atomic E-state index is 0.726. The van der Waals surface area contributed by atoms with Crippen LogP contribution in [0.2, 0.25) is 0 Å². The first-order valence-electron chi connectivity index (χ1n) is 7.43. The van der Waals surface area contributed by atoms with E-state index in [1.54, 1.807) is 23.1 Å². The molecule has 0 spiro atoms. The largest absolute Gasteiger partial charge is 0.459 e. The fourth-order valence-electron chi connectivity index (χ4n) is 2.47. The zero-order chi connectivity index (χ0) is 16.7. The number of fused-ring (bicyclic) bond motifs is 1. The summed E-state index contributed by atoms with van der Waals surface area (Å²) in [4.78, 5) is 9.12. The maximum absolute atomic E-state index is 5.62. The van der Waals surface area contributed by atoms with E-state index in [4.69, 9.17) is 4.42 Å². The molecule has 4 aromatic rings. The molecule has 6 nitrogen and oxygen atoms in total. The van der Waals surface area contributed by atoms with E-state index in [9.17, 15) is 0 Å². The molecule has 0 radical (unpaired) electrons. The van der Waals surface area contributed by atoms with Crippen LogP contribution in [0.25, 0.3) is 16.4 Å². The van der Waals surface area contributed by atoms with Crippen LogP contribution in [0.5, 0.6) is 0 Å². The van der Waals surface area contributed by atoms with Crippen LogP contribution in [0.15, 0.2) is 33.2 Å². The Hall–Kier alpha value is -2.19. The SMILES string of the molecule is Cc1cc2nnc(SCc3csc(-c4ccc(C)o4)n3)n2c(C)n1. The average molecular weight is 357 g/mol. The smallest absolute Gasteiger partial charge is 0.197 e. The predicted octanol–water partition coefficient (Wildman–Crippen LogP) is 4.06. The molecule has 0 unspecified atom stereocenters. The van der Waals surface area contributed by atoms with Gasteiger partial charge in [0.05, 0.1) is 5.69 Å². The molecular formula is C16H15N5OS2. The van der Waals surface area contributed by atoms with Crippen LogP contribution in [0.3, 0.4) is 0 Å². The molecule has 4 heterocycles. The summed E-state index contributed by atoms with van der Waals surface area (Å²) in [6.45, 7) is 5.86. The quantitative estimate of drug-likeness (QED) is 0.513. The van der Waals surface area contributed by atoms with Crippen LogP contribution in [0.1, 0.15) is 23.0 Å². The number of thiazole rings is 1. The van der Waals surface area contributed by atoms with Crippen molar-refractivity contribution in [3.63, 3.8) is 0 Å². The Morgan fingerprint density at radius 1 is 1.17 bits per heavy atom. The molecule has 0 aliphatic rings. The van der Waals surface area contributed by atoms with Gasteiger partial charge in [0.2, 0.25) is 0 Å². The first-order chi connectivity index (χ1) is 11.6. The molecule has 0 bridgehead atoms. The molecule has 0 saturated heterocycles. The molecule has 0 aliphatic carbocycles. The molecule has 122 valence electrons. The van der Waals surface area contributed by atoms with E-state index in [2.05, 4.69) is 25.5 Å². The van der Waals surface area contributed by atoms with Gasteiger partial charge in [-0.15, -0.1) is 21.5 Å². The number of thioether (sulfide) groups is 1. The maximum atomic E-state index is 5.62. The maximum Gasteiger partial charge on any atom is 0.197 e. The minimum atomic E-state index is 0.726. The summed E-state index contributed by atoms with van der Waals surface area (Å²) < 4.78 is 7.60. The standard InChI is InChI=1S/C16H15N5OS2/c1-9-6-14-19-20-16(21(14)11(3)17-9)24-8-12-7-23-15(18-12)13-5-4-10(2)22-13/h4-7H,8H2,1-3H3. The van der Waals surface area contributed by atoms with Gasteiger partial charge >= 0.3 is 0 Å². The number of nitrogens with zero attached hydrogens (tertiary/aromatic N) is 5. The molecule has 24 heavy (non-hydrogen) atoms. The Balaban J connectivity index is 1.54. The lowest BCUT2D eigenvalue weighted by atomic mass is 10.4. The molecule has 0 saturated carbocycles. The molecule has 4 aromatic heterocycles. The second kappa shape index (κ2) is 6.03. The van der Waals surface area contributed by atoms with Crippen molar-refractivity contribution in [1.29, 1.82) is 0 Å². The van der Waals surface area contributed by atoms with Crippen LogP contribution in [0.4, 0.5) is 0 Å². The van der Waals surface area contributed by atoms with E-state index in [-0.39, 0.29) is 0 Å². The highest BCUT2D eigenvalue weighted by Gasteiger charge is 2.12. The lowest BCUT2D eigenvalue weighted by Gasteiger charge is -2.03. The Morgan fingerprint density at radius 2 is 2.04 bits per heavy atom. The van der Waals surface area contributed by atoms with Crippen LogP contribution in [-0.4, -0.2) is 24.6 Å². The van der Waals surface area contributed by atoms with E-state index < -0.39 is 0 Å². The van der Waals surface area contributed by atoms with E-state index in [0.29, 0.717) is 0 Å². The summed E-state index contributed by atoms with van der Waals surface area (Å²) in [6, 6.07) is 5.84.